The molecule has 102 valence electrons. The van der Waals surface area contributed by atoms with Crippen molar-refractivity contribution in [3.8, 4) is 0 Å². The average molecular weight is 256 g/mol. The van der Waals surface area contributed by atoms with Gasteiger partial charge in [-0.15, -0.1) is 0 Å². The van der Waals surface area contributed by atoms with Gasteiger partial charge in [0.25, 0.3) is 0 Å². The first kappa shape index (κ1) is 13.3. The van der Waals surface area contributed by atoms with Crippen molar-refractivity contribution in [1.29, 1.82) is 0 Å². The molecule has 6 heteroatoms. The second-order valence-corrected chi connectivity index (χ2v) is 5.05. The van der Waals surface area contributed by atoms with Crippen molar-refractivity contribution < 1.29 is 19.1 Å². The Kier molecular flexibility index (Phi) is 3.87. The Labute approximate surface area is 106 Å². The number of nitrogens with zero attached hydrogens (tertiary/aromatic N) is 1. The highest BCUT2D eigenvalue weighted by molar-refractivity contribution is 5.76. The van der Waals surface area contributed by atoms with E-state index in [0.717, 1.165) is 12.8 Å². The molecule has 4 atom stereocenters. The summed E-state index contributed by atoms with van der Waals surface area (Å²) < 4.78 is 10.4. The van der Waals surface area contributed by atoms with Crippen LogP contribution in [0.25, 0.3) is 0 Å². The van der Waals surface area contributed by atoms with Crippen LogP contribution in [0.15, 0.2) is 0 Å². The summed E-state index contributed by atoms with van der Waals surface area (Å²) in [4.78, 5) is 24.7. The van der Waals surface area contributed by atoms with E-state index in [9.17, 15) is 9.59 Å². The van der Waals surface area contributed by atoms with E-state index in [0.29, 0.717) is 12.5 Å². The largest absolute Gasteiger partial charge is 0.467 e. The van der Waals surface area contributed by atoms with Crippen molar-refractivity contribution in [3.63, 3.8) is 0 Å². The van der Waals surface area contributed by atoms with Gasteiger partial charge in [0.15, 0.2) is 6.10 Å². The van der Waals surface area contributed by atoms with Crippen LogP contribution < -0.4 is 5.73 Å². The van der Waals surface area contributed by atoms with Crippen molar-refractivity contribution in [1.82, 2.24) is 4.90 Å². The Bertz CT molecular complexity index is 347. The number of likely N-dealkylation sites (tertiary alicyclic amines) is 1. The maximum Gasteiger partial charge on any atom is 0.335 e. The standard InChI is InChI=1S/C12H20N2O4/c1-7-3-4-9-8(14(7)6-11(13)15)5-10(18-9)12(16)17-2/h7-10H,3-6H2,1-2H3,(H2,13,15)/t7-,8-,9-,10+/m1/s1. The molecule has 0 radical (unpaired) electrons. The number of hydrogen-bond acceptors (Lipinski definition) is 5. The number of piperidine rings is 1. The fraction of sp³-hybridized carbons (Fsp3) is 0.833. The van der Waals surface area contributed by atoms with Crippen LogP contribution in [0.4, 0.5) is 0 Å². The molecule has 2 N–H and O–H groups in total. The predicted molar refractivity (Wildman–Crippen MR) is 63.7 cm³/mol. The molecule has 0 aromatic rings. The van der Waals surface area contributed by atoms with E-state index in [1.54, 1.807) is 0 Å². The van der Waals surface area contributed by atoms with Crippen molar-refractivity contribution in [3.05, 3.63) is 0 Å². The molecule has 2 heterocycles. The number of rotatable bonds is 3. The summed E-state index contributed by atoms with van der Waals surface area (Å²) >= 11 is 0. The predicted octanol–water partition coefficient (Wildman–Crippen LogP) is -0.345. The van der Waals surface area contributed by atoms with Gasteiger partial charge in [0.05, 0.1) is 19.8 Å². The van der Waals surface area contributed by atoms with Gasteiger partial charge in [-0.25, -0.2) is 4.79 Å². The van der Waals surface area contributed by atoms with Crippen molar-refractivity contribution in [2.75, 3.05) is 13.7 Å². The third-order valence-electron chi connectivity index (χ3n) is 3.89. The Morgan fingerprint density at radius 3 is 2.78 bits per heavy atom. The maximum absolute atomic E-state index is 11.5. The first-order valence-electron chi connectivity index (χ1n) is 6.30. The molecule has 2 saturated heterocycles. The zero-order valence-electron chi connectivity index (χ0n) is 10.8. The van der Waals surface area contributed by atoms with Gasteiger partial charge in [-0.3, -0.25) is 9.69 Å². The number of ether oxygens (including phenoxy) is 2. The van der Waals surface area contributed by atoms with E-state index in [-0.39, 0.29) is 30.6 Å². The lowest BCUT2D eigenvalue weighted by molar-refractivity contribution is -0.153. The normalized spacial score (nSPS) is 36.1. The SMILES string of the molecule is COC(=O)[C@@H]1C[C@@H]2[C@@H](CC[C@@H](C)N2CC(N)=O)O1. The van der Waals surface area contributed by atoms with Gasteiger partial charge in [0.1, 0.15) is 0 Å². The van der Waals surface area contributed by atoms with E-state index >= 15 is 0 Å². The molecule has 0 unspecified atom stereocenters. The van der Waals surface area contributed by atoms with Crippen LogP contribution >= 0.6 is 0 Å². The second-order valence-electron chi connectivity index (χ2n) is 5.05. The Hall–Kier alpha value is -1.14. The highest BCUT2D eigenvalue weighted by Crippen LogP contribution is 2.34. The molecule has 2 fully saturated rings. The quantitative estimate of drug-likeness (QED) is 0.698. The lowest BCUT2D eigenvalue weighted by atomic mass is 9.92. The third-order valence-corrected chi connectivity index (χ3v) is 3.89. The van der Waals surface area contributed by atoms with Gasteiger partial charge in [0, 0.05) is 18.5 Å². The first-order valence-corrected chi connectivity index (χ1v) is 6.30. The third kappa shape index (κ3) is 2.49. The fourth-order valence-electron chi connectivity index (χ4n) is 2.97. The molecule has 1 amide bonds. The molecule has 0 bridgehead atoms. The molecule has 0 aliphatic carbocycles. The molecular weight excluding hydrogens is 236 g/mol. The highest BCUT2D eigenvalue weighted by Gasteiger charge is 2.46. The van der Waals surface area contributed by atoms with E-state index in [4.69, 9.17) is 15.2 Å². The zero-order chi connectivity index (χ0) is 13.3. The molecule has 0 spiro atoms. The van der Waals surface area contributed by atoms with E-state index < -0.39 is 6.10 Å². The molecule has 0 saturated carbocycles. The van der Waals surface area contributed by atoms with Crippen LogP contribution in [0.3, 0.4) is 0 Å². The van der Waals surface area contributed by atoms with Gasteiger partial charge in [-0.2, -0.15) is 0 Å². The topological polar surface area (TPSA) is 81.9 Å². The number of fused-ring (bicyclic) bond motifs is 1. The van der Waals surface area contributed by atoms with E-state index in [2.05, 4.69) is 11.8 Å². The summed E-state index contributed by atoms with van der Waals surface area (Å²) in [7, 11) is 1.36. The minimum atomic E-state index is -0.509. The van der Waals surface area contributed by atoms with Gasteiger partial charge >= 0.3 is 5.97 Å². The van der Waals surface area contributed by atoms with Crippen LogP contribution in [-0.2, 0) is 19.1 Å². The lowest BCUT2D eigenvalue weighted by Gasteiger charge is -2.40. The monoisotopic (exact) mass is 256 g/mol. The Morgan fingerprint density at radius 1 is 1.44 bits per heavy atom. The van der Waals surface area contributed by atoms with Gasteiger partial charge < -0.3 is 15.2 Å². The van der Waals surface area contributed by atoms with Crippen molar-refractivity contribution in [2.45, 2.75) is 50.5 Å². The van der Waals surface area contributed by atoms with E-state index in [1.165, 1.54) is 7.11 Å². The molecule has 0 aromatic carbocycles. The molecule has 2 aliphatic rings. The fourth-order valence-corrected chi connectivity index (χ4v) is 2.97. The summed E-state index contributed by atoms with van der Waals surface area (Å²) in [6.07, 6.45) is 1.93. The van der Waals surface area contributed by atoms with Crippen LogP contribution in [0.2, 0.25) is 0 Å². The minimum Gasteiger partial charge on any atom is -0.467 e. The summed E-state index contributed by atoms with van der Waals surface area (Å²) in [5.74, 6) is -0.680. The molecule has 18 heavy (non-hydrogen) atoms. The zero-order valence-corrected chi connectivity index (χ0v) is 10.8. The van der Waals surface area contributed by atoms with Gasteiger partial charge in [0.2, 0.25) is 5.91 Å². The highest BCUT2D eigenvalue weighted by atomic mass is 16.6. The summed E-state index contributed by atoms with van der Waals surface area (Å²) in [5, 5.41) is 0. The van der Waals surface area contributed by atoms with Crippen LogP contribution in [-0.4, -0.2) is 54.7 Å². The van der Waals surface area contributed by atoms with Gasteiger partial charge in [-0.1, -0.05) is 0 Å². The summed E-state index contributed by atoms with van der Waals surface area (Å²) in [6, 6.07) is 0.379. The molecule has 2 aliphatic heterocycles. The second kappa shape index (κ2) is 5.24. The van der Waals surface area contributed by atoms with Crippen LogP contribution in [0.5, 0.6) is 0 Å². The number of carbonyl (C=O) groups is 2. The smallest absolute Gasteiger partial charge is 0.335 e. The van der Waals surface area contributed by atoms with Crippen LogP contribution in [0, 0.1) is 0 Å². The number of nitrogens with two attached hydrogens (primary N) is 1. The Balaban J connectivity index is 2.08. The number of hydrogen-bond donors (Lipinski definition) is 1. The van der Waals surface area contributed by atoms with Gasteiger partial charge in [-0.05, 0) is 19.8 Å². The number of amides is 1. The Morgan fingerprint density at radius 2 is 2.17 bits per heavy atom. The average Bonchev–Trinajstić information content (AvgIpc) is 2.75. The minimum absolute atomic E-state index is 0.00431. The number of primary amides is 1. The summed E-state index contributed by atoms with van der Waals surface area (Å²) in [6.45, 7) is 2.30. The summed E-state index contributed by atoms with van der Waals surface area (Å²) in [5.41, 5.74) is 5.28. The van der Waals surface area contributed by atoms with Crippen molar-refractivity contribution >= 4 is 11.9 Å². The molecule has 2 rings (SSSR count). The number of carbonyl (C=O) groups excluding carboxylic acids is 2. The maximum atomic E-state index is 11.5. The first-order chi connectivity index (χ1) is 8.52. The molecular formula is C12H20N2O4. The number of esters is 1. The lowest BCUT2D eigenvalue weighted by Crippen LogP contribution is -2.53. The number of methoxy groups -OCH3 is 1. The molecule has 6 nitrogen and oxygen atoms in total. The van der Waals surface area contributed by atoms with Crippen molar-refractivity contribution in [2.24, 2.45) is 5.73 Å². The van der Waals surface area contributed by atoms with Crippen LogP contribution in [0.1, 0.15) is 26.2 Å². The molecule has 0 aromatic heterocycles. The van der Waals surface area contributed by atoms with E-state index in [1.807, 2.05) is 0 Å².